The quantitative estimate of drug-likeness (QED) is 0.721. The molecule has 0 aromatic heterocycles. The predicted molar refractivity (Wildman–Crippen MR) is 73.5 cm³/mol. The second-order valence-electron chi connectivity index (χ2n) is 4.30. The van der Waals surface area contributed by atoms with Crippen LogP contribution >= 0.6 is 0 Å². The predicted octanol–water partition coefficient (Wildman–Crippen LogP) is 2.41. The standard InChI is InChI=1S/C14H23FN2O/c1-4-16-11-12-7-5-8-13(15)14(12)17(2)9-6-10-18-3/h5,7-8,16H,4,6,9-11H2,1-3H3. The summed E-state index contributed by atoms with van der Waals surface area (Å²) < 4.78 is 19.0. The van der Waals surface area contributed by atoms with Crippen LogP contribution in [0, 0.1) is 5.82 Å². The Morgan fingerprint density at radius 2 is 2.17 bits per heavy atom. The molecule has 1 N–H and O–H groups in total. The van der Waals surface area contributed by atoms with E-state index in [9.17, 15) is 4.39 Å². The summed E-state index contributed by atoms with van der Waals surface area (Å²) in [7, 11) is 3.60. The summed E-state index contributed by atoms with van der Waals surface area (Å²) in [4.78, 5) is 1.96. The molecule has 0 aliphatic heterocycles. The van der Waals surface area contributed by atoms with Crippen molar-refractivity contribution in [3.8, 4) is 0 Å². The molecule has 3 nitrogen and oxygen atoms in total. The lowest BCUT2D eigenvalue weighted by Gasteiger charge is -2.23. The number of methoxy groups -OCH3 is 1. The number of hydrogen-bond acceptors (Lipinski definition) is 3. The van der Waals surface area contributed by atoms with Crippen molar-refractivity contribution in [2.24, 2.45) is 0 Å². The van der Waals surface area contributed by atoms with Crippen molar-refractivity contribution in [1.29, 1.82) is 0 Å². The van der Waals surface area contributed by atoms with Crippen molar-refractivity contribution in [2.75, 3.05) is 38.8 Å². The number of benzene rings is 1. The van der Waals surface area contributed by atoms with Gasteiger partial charge in [-0.05, 0) is 24.6 Å². The van der Waals surface area contributed by atoms with Gasteiger partial charge in [0.1, 0.15) is 5.82 Å². The normalized spacial score (nSPS) is 10.7. The molecule has 1 rings (SSSR count). The number of anilines is 1. The van der Waals surface area contributed by atoms with E-state index >= 15 is 0 Å². The molecule has 0 atom stereocenters. The van der Waals surface area contributed by atoms with Crippen LogP contribution in [0.4, 0.5) is 10.1 Å². The first-order chi connectivity index (χ1) is 8.70. The number of nitrogens with zero attached hydrogens (tertiary/aromatic N) is 1. The average molecular weight is 254 g/mol. The highest BCUT2D eigenvalue weighted by molar-refractivity contribution is 5.54. The van der Waals surface area contributed by atoms with E-state index in [4.69, 9.17) is 4.74 Å². The summed E-state index contributed by atoms with van der Waals surface area (Å²) in [5, 5.41) is 3.24. The summed E-state index contributed by atoms with van der Waals surface area (Å²) in [6.07, 6.45) is 0.891. The minimum absolute atomic E-state index is 0.162. The fourth-order valence-corrected chi connectivity index (χ4v) is 1.95. The van der Waals surface area contributed by atoms with Gasteiger partial charge in [-0.1, -0.05) is 19.1 Å². The fourth-order valence-electron chi connectivity index (χ4n) is 1.95. The molecule has 0 saturated carbocycles. The number of halogens is 1. The lowest BCUT2D eigenvalue weighted by molar-refractivity contribution is 0.196. The highest BCUT2D eigenvalue weighted by Crippen LogP contribution is 2.23. The van der Waals surface area contributed by atoms with E-state index in [-0.39, 0.29) is 5.82 Å². The monoisotopic (exact) mass is 254 g/mol. The first-order valence-electron chi connectivity index (χ1n) is 6.38. The zero-order valence-electron chi connectivity index (χ0n) is 11.5. The molecule has 1 aromatic carbocycles. The van der Waals surface area contributed by atoms with Gasteiger partial charge >= 0.3 is 0 Å². The van der Waals surface area contributed by atoms with Crippen LogP contribution < -0.4 is 10.2 Å². The molecule has 0 heterocycles. The Kier molecular flexibility index (Phi) is 6.68. The molecule has 0 radical (unpaired) electrons. The van der Waals surface area contributed by atoms with Crippen molar-refractivity contribution in [3.05, 3.63) is 29.6 Å². The molecule has 1 aromatic rings. The van der Waals surface area contributed by atoms with Crippen molar-refractivity contribution < 1.29 is 9.13 Å². The Bertz CT molecular complexity index is 358. The van der Waals surface area contributed by atoms with Gasteiger partial charge in [0.2, 0.25) is 0 Å². The van der Waals surface area contributed by atoms with Gasteiger partial charge in [-0.25, -0.2) is 4.39 Å². The van der Waals surface area contributed by atoms with Crippen LogP contribution in [0.5, 0.6) is 0 Å². The van der Waals surface area contributed by atoms with Crippen LogP contribution in [0.1, 0.15) is 18.9 Å². The Balaban J connectivity index is 2.77. The summed E-state index contributed by atoms with van der Waals surface area (Å²) in [6.45, 7) is 5.10. The average Bonchev–Trinajstić information content (AvgIpc) is 2.36. The van der Waals surface area contributed by atoms with Crippen LogP contribution in [-0.4, -0.2) is 33.9 Å². The maximum Gasteiger partial charge on any atom is 0.146 e. The molecular formula is C14H23FN2O. The van der Waals surface area contributed by atoms with E-state index in [0.29, 0.717) is 18.8 Å². The third kappa shape index (κ3) is 4.27. The van der Waals surface area contributed by atoms with E-state index in [1.807, 2.05) is 24.9 Å². The van der Waals surface area contributed by atoms with Crippen LogP contribution in [0.25, 0.3) is 0 Å². The minimum atomic E-state index is -0.162. The Hall–Kier alpha value is -1.13. The molecule has 18 heavy (non-hydrogen) atoms. The Morgan fingerprint density at radius 1 is 1.39 bits per heavy atom. The summed E-state index contributed by atoms with van der Waals surface area (Å²) in [5.74, 6) is -0.162. The topological polar surface area (TPSA) is 24.5 Å². The molecule has 102 valence electrons. The smallest absolute Gasteiger partial charge is 0.146 e. The SMILES string of the molecule is CCNCc1cccc(F)c1N(C)CCCOC. The van der Waals surface area contributed by atoms with E-state index in [0.717, 1.165) is 25.1 Å². The summed E-state index contributed by atoms with van der Waals surface area (Å²) >= 11 is 0. The van der Waals surface area contributed by atoms with E-state index in [1.54, 1.807) is 13.2 Å². The first kappa shape index (κ1) is 14.9. The summed E-state index contributed by atoms with van der Waals surface area (Å²) in [5.41, 5.74) is 1.69. The molecule has 0 amide bonds. The molecule has 0 aliphatic rings. The Morgan fingerprint density at radius 3 is 2.83 bits per heavy atom. The maximum atomic E-state index is 13.9. The molecule has 4 heteroatoms. The molecule has 0 aliphatic carbocycles. The number of rotatable bonds is 8. The van der Waals surface area contributed by atoms with Crippen LogP contribution in [0.3, 0.4) is 0 Å². The highest BCUT2D eigenvalue weighted by Gasteiger charge is 2.12. The third-order valence-electron chi connectivity index (χ3n) is 2.86. The van der Waals surface area contributed by atoms with E-state index in [2.05, 4.69) is 5.32 Å². The van der Waals surface area contributed by atoms with Crippen LogP contribution in [-0.2, 0) is 11.3 Å². The highest BCUT2D eigenvalue weighted by atomic mass is 19.1. The lowest BCUT2D eigenvalue weighted by Crippen LogP contribution is -2.24. The molecule has 0 spiro atoms. The fraction of sp³-hybridized carbons (Fsp3) is 0.571. The van der Waals surface area contributed by atoms with Crippen molar-refractivity contribution in [3.63, 3.8) is 0 Å². The van der Waals surface area contributed by atoms with Gasteiger partial charge in [-0.3, -0.25) is 0 Å². The van der Waals surface area contributed by atoms with E-state index in [1.165, 1.54) is 6.07 Å². The maximum absolute atomic E-state index is 13.9. The largest absolute Gasteiger partial charge is 0.385 e. The van der Waals surface area contributed by atoms with Crippen molar-refractivity contribution in [1.82, 2.24) is 5.32 Å². The minimum Gasteiger partial charge on any atom is -0.385 e. The zero-order chi connectivity index (χ0) is 13.4. The zero-order valence-corrected chi connectivity index (χ0v) is 11.5. The van der Waals surface area contributed by atoms with Gasteiger partial charge < -0.3 is 15.0 Å². The van der Waals surface area contributed by atoms with Gasteiger partial charge in [0, 0.05) is 33.9 Å². The van der Waals surface area contributed by atoms with Crippen LogP contribution in [0.15, 0.2) is 18.2 Å². The second kappa shape index (κ2) is 8.06. The van der Waals surface area contributed by atoms with Gasteiger partial charge in [0.05, 0.1) is 5.69 Å². The summed E-state index contributed by atoms with van der Waals surface area (Å²) in [6, 6.07) is 5.24. The number of nitrogens with one attached hydrogen (secondary N) is 1. The first-order valence-corrected chi connectivity index (χ1v) is 6.38. The molecule has 0 saturated heterocycles. The van der Waals surface area contributed by atoms with Gasteiger partial charge in [0.25, 0.3) is 0 Å². The van der Waals surface area contributed by atoms with Gasteiger partial charge in [-0.15, -0.1) is 0 Å². The van der Waals surface area contributed by atoms with Crippen LogP contribution in [0.2, 0.25) is 0 Å². The number of hydrogen-bond donors (Lipinski definition) is 1. The number of para-hydroxylation sites is 1. The van der Waals surface area contributed by atoms with Gasteiger partial charge in [-0.2, -0.15) is 0 Å². The third-order valence-corrected chi connectivity index (χ3v) is 2.86. The van der Waals surface area contributed by atoms with E-state index < -0.39 is 0 Å². The lowest BCUT2D eigenvalue weighted by atomic mass is 10.1. The molecule has 0 unspecified atom stereocenters. The Labute approximate surface area is 109 Å². The van der Waals surface area contributed by atoms with Crippen molar-refractivity contribution >= 4 is 5.69 Å². The molecule has 0 fully saturated rings. The van der Waals surface area contributed by atoms with Crippen molar-refractivity contribution in [2.45, 2.75) is 19.9 Å². The number of ether oxygens (including phenoxy) is 1. The van der Waals surface area contributed by atoms with Gasteiger partial charge in [0.15, 0.2) is 0 Å². The molecule has 0 bridgehead atoms. The molecular weight excluding hydrogens is 231 g/mol. The second-order valence-corrected chi connectivity index (χ2v) is 4.30.